The van der Waals surface area contributed by atoms with E-state index in [0.717, 1.165) is 18.7 Å². The van der Waals surface area contributed by atoms with E-state index >= 15 is 0 Å². The Morgan fingerprint density at radius 3 is 3.00 bits per heavy atom. The number of rotatable bonds is 1. The van der Waals surface area contributed by atoms with Gasteiger partial charge >= 0.3 is 0 Å². The third-order valence-electron chi connectivity index (χ3n) is 3.80. The zero-order valence-electron chi connectivity index (χ0n) is 10.6. The van der Waals surface area contributed by atoms with Crippen molar-refractivity contribution in [1.29, 1.82) is 0 Å². The van der Waals surface area contributed by atoms with Crippen LogP contribution in [0, 0.1) is 0 Å². The average Bonchev–Trinajstić information content (AvgIpc) is 2.64. The second kappa shape index (κ2) is 3.77. The molecule has 1 atom stereocenters. The van der Waals surface area contributed by atoms with E-state index in [1.807, 2.05) is 6.07 Å². The summed E-state index contributed by atoms with van der Waals surface area (Å²) in [6.07, 6.45) is 1.10. The van der Waals surface area contributed by atoms with Crippen LogP contribution in [0.25, 0.3) is 10.9 Å². The van der Waals surface area contributed by atoms with Crippen molar-refractivity contribution >= 4 is 10.9 Å². The van der Waals surface area contributed by atoms with E-state index in [1.165, 1.54) is 22.2 Å². The van der Waals surface area contributed by atoms with Crippen molar-refractivity contribution < 1.29 is 4.74 Å². The molecule has 3 heteroatoms. The highest BCUT2D eigenvalue weighted by molar-refractivity contribution is 5.87. The zero-order valence-corrected chi connectivity index (χ0v) is 10.6. The lowest BCUT2D eigenvalue weighted by Crippen LogP contribution is -2.28. The van der Waals surface area contributed by atoms with Crippen LogP contribution in [0.1, 0.15) is 24.2 Å². The van der Waals surface area contributed by atoms with Gasteiger partial charge in [-0.15, -0.1) is 0 Å². The van der Waals surface area contributed by atoms with Gasteiger partial charge in [0.25, 0.3) is 0 Å². The lowest BCUT2D eigenvalue weighted by atomic mass is 10.0. The van der Waals surface area contributed by atoms with Crippen LogP contribution in [-0.4, -0.2) is 18.2 Å². The molecule has 1 aliphatic heterocycles. The summed E-state index contributed by atoms with van der Waals surface area (Å²) in [6, 6.07) is 6.78. The number of nitrogens with one attached hydrogen (secondary N) is 1. The normalized spacial score (nSPS) is 19.4. The molecule has 0 aliphatic carbocycles. The molecule has 0 saturated carbocycles. The second-order valence-corrected chi connectivity index (χ2v) is 4.73. The highest BCUT2D eigenvalue weighted by Crippen LogP contribution is 2.34. The Morgan fingerprint density at radius 2 is 2.24 bits per heavy atom. The Labute approximate surface area is 101 Å². The van der Waals surface area contributed by atoms with Gasteiger partial charge in [-0.05, 0) is 43.7 Å². The summed E-state index contributed by atoms with van der Waals surface area (Å²) >= 11 is 0. The first-order valence-electron chi connectivity index (χ1n) is 6.11. The van der Waals surface area contributed by atoms with Crippen LogP contribution in [0.4, 0.5) is 0 Å². The molecule has 1 N–H and O–H groups in total. The van der Waals surface area contributed by atoms with E-state index in [2.05, 4.69) is 36.0 Å². The fourth-order valence-corrected chi connectivity index (χ4v) is 2.97. The van der Waals surface area contributed by atoms with Crippen molar-refractivity contribution in [3.8, 4) is 5.75 Å². The lowest BCUT2D eigenvalue weighted by Gasteiger charge is -2.22. The van der Waals surface area contributed by atoms with Crippen LogP contribution in [-0.2, 0) is 13.5 Å². The summed E-state index contributed by atoms with van der Waals surface area (Å²) in [4.78, 5) is 0. The first kappa shape index (κ1) is 10.7. The van der Waals surface area contributed by atoms with E-state index in [9.17, 15) is 0 Å². The van der Waals surface area contributed by atoms with Gasteiger partial charge in [-0.1, -0.05) is 0 Å². The SMILES string of the molecule is COc1ccc2c(c1)c1c(n2C)C(C)NCC1. The number of hydrogen-bond acceptors (Lipinski definition) is 2. The second-order valence-electron chi connectivity index (χ2n) is 4.73. The van der Waals surface area contributed by atoms with Gasteiger partial charge in [-0.2, -0.15) is 0 Å². The molecule has 0 spiro atoms. The summed E-state index contributed by atoms with van der Waals surface area (Å²) in [5.41, 5.74) is 4.19. The maximum absolute atomic E-state index is 5.32. The summed E-state index contributed by atoms with van der Waals surface area (Å²) < 4.78 is 7.63. The fourth-order valence-electron chi connectivity index (χ4n) is 2.97. The number of ether oxygens (including phenoxy) is 1. The van der Waals surface area contributed by atoms with Crippen molar-refractivity contribution in [2.75, 3.05) is 13.7 Å². The van der Waals surface area contributed by atoms with Gasteiger partial charge in [0.2, 0.25) is 0 Å². The van der Waals surface area contributed by atoms with Gasteiger partial charge in [0.1, 0.15) is 5.75 Å². The fraction of sp³-hybridized carbons (Fsp3) is 0.429. The van der Waals surface area contributed by atoms with Crippen molar-refractivity contribution in [2.24, 2.45) is 7.05 Å². The summed E-state index contributed by atoms with van der Waals surface area (Å²) in [5, 5.41) is 4.86. The minimum Gasteiger partial charge on any atom is -0.497 e. The molecule has 0 amide bonds. The molecule has 0 bridgehead atoms. The van der Waals surface area contributed by atoms with Crippen molar-refractivity contribution in [3.63, 3.8) is 0 Å². The molecule has 1 unspecified atom stereocenters. The molecular formula is C14H18N2O. The maximum atomic E-state index is 5.32. The number of hydrogen-bond donors (Lipinski definition) is 1. The zero-order chi connectivity index (χ0) is 12.0. The average molecular weight is 230 g/mol. The summed E-state index contributed by atoms with van der Waals surface area (Å²) in [6.45, 7) is 3.29. The Kier molecular flexibility index (Phi) is 2.37. The van der Waals surface area contributed by atoms with E-state index in [-0.39, 0.29) is 0 Å². The third kappa shape index (κ3) is 1.46. The number of methoxy groups -OCH3 is 1. The summed E-state index contributed by atoms with van der Waals surface area (Å²) in [5.74, 6) is 0.942. The number of nitrogens with zero attached hydrogens (tertiary/aromatic N) is 1. The molecule has 2 heterocycles. The molecule has 2 aromatic rings. The lowest BCUT2D eigenvalue weighted by molar-refractivity contribution is 0.415. The molecule has 0 fully saturated rings. The number of aromatic nitrogens is 1. The topological polar surface area (TPSA) is 26.2 Å². The molecule has 3 nitrogen and oxygen atoms in total. The van der Waals surface area contributed by atoms with Crippen molar-refractivity contribution in [3.05, 3.63) is 29.5 Å². The van der Waals surface area contributed by atoms with E-state index in [1.54, 1.807) is 7.11 Å². The smallest absolute Gasteiger partial charge is 0.119 e. The Morgan fingerprint density at radius 1 is 1.41 bits per heavy atom. The molecule has 0 saturated heterocycles. The van der Waals surface area contributed by atoms with Crippen LogP contribution < -0.4 is 10.1 Å². The molecule has 1 aromatic heterocycles. The minimum atomic E-state index is 0.433. The molecule has 3 rings (SSSR count). The summed E-state index contributed by atoms with van der Waals surface area (Å²) in [7, 11) is 3.87. The number of fused-ring (bicyclic) bond motifs is 3. The van der Waals surface area contributed by atoms with E-state index in [4.69, 9.17) is 4.74 Å². The first-order chi connectivity index (χ1) is 8.22. The van der Waals surface area contributed by atoms with Crippen LogP contribution in [0.2, 0.25) is 0 Å². The van der Waals surface area contributed by atoms with Gasteiger partial charge in [0, 0.05) is 29.7 Å². The van der Waals surface area contributed by atoms with Gasteiger partial charge in [0.15, 0.2) is 0 Å². The molecule has 0 radical (unpaired) electrons. The monoisotopic (exact) mass is 230 g/mol. The largest absolute Gasteiger partial charge is 0.497 e. The third-order valence-corrected chi connectivity index (χ3v) is 3.80. The molecule has 1 aromatic carbocycles. The van der Waals surface area contributed by atoms with E-state index in [0.29, 0.717) is 6.04 Å². The molecule has 90 valence electrons. The number of benzene rings is 1. The predicted octanol–water partition coefficient (Wildman–Crippen LogP) is 2.39. The molecule has 17 heavy (non-hydrogen) atoms. The predicted molar refractivity (Wildman–Crippen MR) is 69.6 cm³/mol. The Hall–Kier alpha value is -1.48. The maximum Gasteiger partial charge on any atom is 0.119 e. The van der Waals surface area contributed by atoms with Crippen molar-refractivity contribution in [2.45, 2.75) is 19.4 Å². The molecule has 1 aliphatic rings. The minimum absolute atomic E-state index is 0.433. The number of aryl methyl sites for hydroxylation is 1. The van der Waals surface area contributed by atoms with Crippen LogP contribution in [0.5, 0.6) is 5.75 Å². The Bertz CT molecular complexity index is 571. The van der Waals surface area contributed by atoms with Crippen LogP contribution >= 0.6 is 0 Å². The van der Waals surface area contributed by atoms with Gasteiger partial charge in [0.05, 0.1) is 7.11 Å². The standard InChI is InChI=1S/C14H18N2O/c1-9-14-11(6-7-15-9)12-8-10(17-3)4-5-13(12)16(14)2/h4-5,8-9,15H,6-7H2,1-3H3. The van der Waals surface area contributed by atoms with Gasteiger partial charge < -0.3 is 14.6 Å². The highest BCUT2D eigenvalue weighted by Gasteiger charge is 2.23. The quantitative estimate of drug-likeness (QED) is 0.814. The van der Waals surface area contributed by atoms with E-state index < -0.39 is 0 Å². The van der Waals surface area contributed by atoms with Gasteiger partial charge in [-0.25, -0.2) is 0 Å². The van der Waals surface area contributed by atoms with Gasteiger partial charge in [-0.3, -0.25) is 0 Å². The first-order valence-corrected chi connectivity index (χ1v) is 6.11. The highest BCUT2D eigenvalue weighted by atomic mass is 16.5. The Balaban J connectivity index is 2.32. The van der Waals surface area contributed by atoms with Crippen LogP contribution in [0.3, 0.4) is 0 Å². The molecular weight excluding hydrogens is 212 g/mol. The van der Waals surface area contributed by atoms with Crippen LogP contribution in [0.15, 0.2) is 18.2 Å². The van der Waals surface area contributed by atoms with Crippen molar-refractivity contribution in [1.82, 2.24) is 9.88 Å².